The predicted octanol–water partition coefficient (Wildman–Crippen LogP) is 5.05. The Labute approximate surface area is 174 Å². The van der Waals surface area contributed by atoms with Crippen molar-refractivity contribution in [2.45, 2.75) is 31.3 Å². The molecule has 1 heterocycles. The molecule has 0 bridgehead atoms. The zero-order chi connectivity index (χ0) is 20.5. The summed E-state index contributed by atoms with van der Waals surface area (Å²) in [6, 6.07) is 9.35. The number of nitriles is 1. The third kappa shape index (κ3) is 3.97. The molecule has 1 aliphatic rings. The van der Waals surface area contributed by atoms with E-state index in [1.807, 2.05) is 19.9 Å². The maximum absolute atomic E-state index is 13.0. The van der Waals surface area contributed by atoms with Gasteiger partial charge in [0.05, 0.1) is 16.5 Å². The summed E-state index contributed by atoms with van der Waals surface area (Å²) >= 11 is 12.0. The molecule has 2 aromatic rings. The number of nitrogens with zero attached hydrogens (tertiary/aromatic N) is 1. The van der Waals surface area contributed by atoms with Gasteiger partial charge in [0.25, 0.3) is 0 Å². The van der Waals surface area contributed by atoms with E-state index in [1.165, 1.54) is 24.3 Å². The number of allylic oxidation sites excluding steroid dienone is 1. The van der Waals surface area contributed by atoms with Crippen LogP contribution in [0.15, 0.2) is 40.1 Å². The monoisotopic (exact) mass is 437 g/mol. The van der Waals surface area contributed by atoms with Crippen molar-refractivity contribution >= 4 is 39.1 Å². The number of benzene rings is 2. The van der Waals surface area contributed by atoms with Crippen LogP contribution in [0.5, 0.6) is 11.5 Å². The molecule has 2 aromatic carbocycles. The first-order valence-corrected chi connectivity index (χ1v) is 10.8. The minimum atomic E-state index is -4.17. The molecule has 5 nitrogen and oxygen atoms in total. The second kappa shape index (κ2) is 8.04. The molecule has 3 rings (SSSR count). The maximum Gasteiger partial charge on any atom is 0.218 e. The van der Waals surface area contributed by atoms with Crippen molar-refractivity contribution in [1.82, 2.24) is 0 Å². The van der Waals surface area contributed by atoms with Crippen molar-refractivity contribution < 1.29 is 17.9 Å². The highest BCUT2D eigenvalue weighted by Crippen LogP contribution is 2.37. The fourth-order valence-corrected chi connectivity index (χ4v) is 4.87. The van der Waals surface area contributed by atoms with Gasteiger partial charge >= 0.3 is 0 Å². The molecule has 1 atom stereocenters. The summed E-state index contributed by atoms with van der Waals surface area (Å²) in [7, 11) is -4.17. The average Bonchev–Trinajstić information content (AvgIpc) is 3.00. The minimum Gasteiger partial charge on any atom is -0.493 e. The molecular weight excluding hydrogens is 421 g/mol. The molecule has 0 spiro atoms. The zero-order valence-electron chi connectivity index (χ0n) is 15.2. The Hall–Kier alpha value is -2.20. The van der Waals surface area contributed by atoms with E-state index < -0.39 is 14.7 Å². The molecule has 0 aliphatic carbocycles. The number of hydrogen-bond donors (Lipinski definition) is 0. The van der Waals surface area contributed by atoms with Crippen molar-refractivity contribution in [3.63, 3.8) is 0 Å². The normalized spacial score (nSPS) is 16.2. The van der Waals surface area contributed by atoms with Gasteiger partial charge in [-0.25, -0.2) is 8.42 Å². The first kappa shape index (κ1) is 20.5. The zero-order valence-corrected chi connectivity index (χ0v) is 17.5. The summed E-state index contributed by atoms with van der Waals surface area (Å²) < 4.78 is 37.4. The van der Waals surface area contributed by atoms with Gasteiger partial charge in [0, 0.05) is 22.6 Å². The smallest absolute Gasteiger partial charge is 0.218 e. The molecular formula is C20H17Cl2NO4S. The SMILES string of the molecule is CCOc1cc2c(cc1/C=C(\C#N)S(=O)(=O)c1cc(Cl)ccc1Cl)OC(C)C2. The number of hydrogen-bond acceptors (Lipinski definition) is 5. The molecule has 0 N–H and O–H groups in total. The molecule has 28 heavy (non-hydrogen) atoms. The second-order valence-electron chi connectivity index (χ2n) is 6.26. The molecule has 146 valence electrons. The average molecular weight is 438 g/mol. The summed E-state index contributed by atoms with van der Waals surface area (Å²) in [6.07, 6.45) is 2.03. The lowest BCUT2D eigenvalue weighted by Crippen LogP contribution is -2.05. The van der Waals surface area contributed by atoms with Gasteiger partial charge in [-0.15, -0.1) is 0 Å². The largest absolute Gasteiger partial charge is 0.493 e. The van der Waals surface area contributed by atoms with Crippen LogP contribution in [0.2, 0.25) is 10.0 Å². The highest BCUT2D eigenvalue weighted by Gasteiger charge is 2.26. The van der Waals surface area contributed by atoms with Gasteiger partial charge in [0.1, 0.15) is 28.6 Å². The Morgan fingerprint density at radius 3 is 2.79 bits per heavy atom. The number of sulfone groups is 1. The van der Waals surface area contributed by atoms with E-state index in [4.69, 9.17) is 32.7 Å². The molecule has 0 saturated carbocycles. The maximum atomic E-state index is 13.0. The number of fused-ring (bicyclic) bond motifs is 1. The molecule has 1 unspecified atom stereocenters. The van der Waals surface area contributed by atoms with Crippen LogP contribution in [0.1, 0.15) is 25.0 Å². The van der Waals surface area contributed by atoms with E-state index in [2.05, 4.69) is 0 Å². The highest BCUT2D eigenvalue weighted by molar-refractivity contribution is 7.95. The Kier molecular flexibility index (Phi) is 5.90. The van der Waals surface area contributed by atoms with E-state index in [-0.39, 0.29) is 21.0 Å². The van der Waals surface area contributed by atoms with Crippen LogP contribution in [-0.4, -0.2) is 21.1 Å². The fourth-order valence-electron chi connectivity index (χ4n) is 2.96. The molecule has 0 radical (unpaired) electrons. The van der Waals surface area contributed by atoms with Gasteiger partial charge < -0.3 is 9.47 Å². The quantitative estimate of drug-likeness (QED) is 0.611. The first-order chi connectivity index (χ1) is 13.3. The standard InChI is InChI=1S/C20H17Cl2NO4S/c1-3-26-18-8-13-6-12(2)27-19(13)9-14(18)7-16(11-23)28(24,25)20-10-15(21)4-5-17(20)22/h4-5,7-10,12H,3,6H2,1-2H3/b16-7+. The topological polar surface area (TPSA) is 76.4 Å². The van der Waals surface area contributed by atoms with E-state index >= 15 is 0 Å². The van der Waals surface area contributed by atoms with Crippen LogP contribution in [0.4, 0.5) is 0 Å². The Bertz CT molecular complexity index is 1100. The Morgan fingerprint density at radius 2 is 2.11 bits per heavy atom. The van der Waals surface area contributed by atoms with Crippen molar-refractivity contribution in [2.24, 2.45) is 0 Å². The lowest BCUT2D eigenvalue weighted by atomic mass is 10.1. The summed E-state index contributed by atoms with van der Waals surface area (Å²) in [4.78, 5) is -0.693. The number of ether oxygens (including phenoxy) is 2. The third-order valence-corrected chi connectivity index (χ3v) is 6.58. The van der Waals surface area contributed by atoms with E-state index in [1.54, 1.807) is 12.1 Å². The predicted molar refractivity (Wildman–Crippen MR) is 109 cm³/mol. The van der Waals surface area contributed by atoms with Crippen molar-refractivity contribution in [3.8, 4) is 17.6 Å². The van der Waals surface area contributed by atoms with E-state index in [0.29, 0.717) is 23.7 Å². The molecule has 0 amide bonds. The molecule has 8 heteroatoms. The van der Waals surface area contributed by atoms with Gasteiger partial charge in [0.2, 0.25) is 9.84 Å². The summed E-state index contributed by atoms with van der Waals surface area (Å²) in [5.74, 6) is 1.14. The van der Waals surface area contributed by atoms with Crippen LogP contribution < -0.4 is 9.47 Å². The summed E-state index contributed by atoms with van der Waals surface area (Å²) in [5, 5.41) is 9.75. The number of rotatable bonds is 5. The summed E-state index contributed by atoms with van der Waals surface area (Å²) in [6.45, 7) is 4.17. The van der Waals surface area contributed by atoms with E-state index in [0.717, 1.165) is 12.0 Å². The van der Waals surface area contributed by atoms with Crippen LogP contribution in [0.25, 0.3) is 6.08 Å². The van der Waals surface area contributed by atoms with Gasteiger partial charge in [0.15, 0.2) is 0 Å². The third-order valence-electron chi connectivity index (χ3n) is 4.20. The first-order valence-electron chi connectivity index (χ1n) is 8.54. The van der Waals surface area contributed by atoms with Crippen LogP contribution in [0, 0.1) is 11.3 Å². The fraction of sp³-hybridized carbons (Fsp3) is 0.250. The lowest BCUT2D eigenvalue weighted by Gasteiger charge is -2.11. The lowest BCUT2D eigenvalue weighted by molar-refractivity contribution is 0.254. The molecule has 1 aliphatic heterocycles. The summed E-state index contributed by atoms with van der Waals surface area (Å²) in [5.41, 5.74) is 1.42. The highest BCUT2D eigenvalue weighted by atomic mass is 35.5. The van der Waals surface area contributed by atoms with Crippen molar-refractivity contribution in [3.05, 3.63) is 56.4 Å². The van der Waals surface area contributed by atoms with Crippen LogP contribution in [-0.2, 0) is 16.3 Å². The van der Waals surface area contributed by atoms with Crippen LogP contribution >= 0.6 is 23.2 Å². The van der Waals surface area contributed by atoms with Gasteiger partial charge in [-0.2, -0.15) is 5.26 Å². The second-order valence-corrected chi connectivity index (χ2v) is 8.99. The molecule has 0 fully saturated rings. The van der Waals surface area contributed by atoms with Gasteiger partial charge in [-0.3, -0.25) is 0 Å². The van der Waals surface area contributed by atoms with Crippen molar-refractivity contribution in [1.29, 1.82) is 5.26 Å². The number of halogens is 2. The molecule has 0 aromatic heterocycles. The Balaban J connectivity index is 2.14. The Morgan fingerprint density at radius 1 is 1.36 bits per heavy atom. The van der Waals surface area contributed by atoms with E-state index in [9.17, 15) is 13.7 Å². The van der Waals surface area contributed by atoms with Crippen molar-refractivity contribution in [2.75, 3.05) is 6.61 Å². The van der Waals surface area contributed by atoms with Gasteiger partial charge in [-0.1, -0.05) is 23.2 Å². The minimum absolute atomic E-state index is 0.0123. The van der Waals surface area contributed by atoms with Gasteiger partial charge in [-0.05, 0) is 50.3 Å². The molecule has 0 saturated heterocycles. The van der Waals surface area contributed by atoms with Crippen LogP contribution in [0.3, 0.4) is 0 Å².